The van der Waals surface area contributed by atoms with Gasteiger partial charge in [-0.15, -0.1) is 0 Å². The molecule has 0 aliphatic carbocycles. The fourth-order valence-electron chi connectivity index (χ4n) is 3.36. The number of amides is 1. The predicted molar refractivity (Wildman–Crippen MR) is 110 cm³/mol. The molecule has 7 heteroatoms. The lowest BCUT2D eigenvalue weighted by Gasteiger charge is -2.27. The maximum Gasteiger partial charge on any atom is 0.338 e. The highest BCUT2D eigenvalue weighted by Crippen LogP contribution is 2.41. The lowest BCUT2D eigenvalue weighted by molar-refractivity contribution is -0.118. The minimum Gasteiger partial charge on any atom is -0.508 e. The fraction of sp³-hybridized carbons (Fsp3) is 0.261. The van der Waals surface area contributed by atoms with E-state index in [1.165, 1.54) is 29.2 Å². The number of benzene rings is 2. The van der Waals surface area contributed by atoms with Crippen molar-refractivity contribution in [1.82, 2.24) is 0 Å². The average molecular weight is 409 g/mol. The highest BCUT2D eigenvalue weighted by Gasteiger charge is 2.43. The molecule has 1 aliphatic heterocycles. The van der Waals surface area contributed by atoms with Gasteiger partial charge in [0.25, 0.3) is 5.91 Å². The van der Waals surface area contributed by atoms with E-state index in [1.54, 1.807) is 31.2 Å². The van der Waals surface area contributed by atoms with Crippen molar-refractivity contribution >= 4 is 23.3 Å². The van der Waals surface area contributed by atoms with Crippen molar-refractivity contribution in [1.29, 1.82) is 0 Å². The monoisotopic (exact) mass is 409 g/mol. The van der Waals surface area contributed by atoms with Crippen molar-refractivity contribution in [2.45, 2.75) is 32.7 Å². The number of phenols is 1. The number of hydrogen-bond acceptors (Lipinski definition) is 6. The molecule has 0 radical (unpaired) electrons. The highest BCUT2D eigenvalue weighted by atomic mass is 16.5. The van der Waals surface area contributed by atoms with E-state index >= 15 is 0 Å². The third-order valence-electron chi connectivity index (χ3n) is 4.86. The van der Waals surface area contributed by atoms with E-state index in [0.29, 0.717) is 29.8 Å². The highest BCUT2D eigenvalue weighted by molar-refractivity contribution is 6.16. The number of esters is 1. The quantitative estimate of drug-likeness (QED) is 0.674. The summed E-state index contributed by atoms with van der Waals surface area (Å²) in [5.41, 5.74) is 1.32. The molecule has 0 saturated carbocycles. The fourth-order valence-corrected chi connectivity index (χ4v) is 3.36. The summed E-state index contributed by atoms with van der Waals surface area (Å²) in [7, 11) is 0. The Morgan fingerprint density at radius 1 is 1.00 bits per heavy atom. The average Bonchev–Trinajstić information content (AvgIpc) is 3.03. The van der Waals surface area contributed by atoms with Crippen LogP contribution in [0.15, 0.2) is 59.9 Å². The van der Waals surface area contributed by atoms with Crippen LogP contribution < -0.4 is 4.90 Å². The first-order valence-electron chi connectivity index (χ1n) is 9.75. The number of aliphatic hydroxyl groups excluding tert-OH is 1. The molecular formula is C23H23NO6. The summed E-state index contributed by atoms with van der Waals surface area (Å²) in [5, 5.41) is 20.1. The summed E-state index contributed by atoms with van der Waals surface area (Å²) in [4.78, 5) is 38.7. The zero-order valence-electron chi connectivity index (χ0n) is 16.8. The number of nitrogens with zero attached hydrogens (tertiary/aromatic N) is 1. The number of ketones is 1. The van der Waals surface area contributed by atoms with Crippen LogP contribution in [0, 0.1) is 0 Å². The van der Waals surface area contributed by atoms with E-state index in [1.807, 2.05) is 6.92 Å². The largest absolute Gasteiger partial charge is 0.508 e. The lowest BCUT2D eigenvalue weighted by Crippen LogP contribution is -2.31. The number of aromatic hydroxyl groups is 1. The molecule has 0 fully saturated rings. The van der Waals surface area contributed by atoms with Crippen LogP contribution in [0.5, 0.6) is 5.75 Å². The van der Waals surface area contributed by atoms with Gasteiger partial charge in [0, 0.05) is 12.1 Å². The molecule has 0 saturated heterocycles. The molecule has 3 rings (SSSR count). The van der Waals surface area contributed by atoms with Gasteiger partial charge in [0.05, 0.1) is 23.8 Å². The Morgan fingerprint density at radius 3 is 2.20 bits per heavy atom. The van der Waals surface area contributed by atoms with Crippen LogP contribution in [0.2, 0.25) is 0 Å². The predicted octanol–water partition coefficient (Wildman–Crippen LogP) is 3.84. The second-order valence-electron chi connectivity index (χ2n) is 6.89. The molecule has 1 amide bonds. The first-order valence-corrected chi connectivity index (χ1v) is 9.75. The molecule has 1 atom stereocenters. The third-order valence-corrected chi connectivity index (χ3v) is 4.86. The summed E-state index contributed by atoms with van der Waals surface area (Å²) in [5.74, 6) is -2.06. The van der Waals surface area contributed by atoms with Gasteiger partial charge in [0.2, 0.25) is 0 Å². The molecule has 7 nitrogen and oxygen atoms in total. The van der Waals surface area contributed by atoms with Crippen LogP contribution in [0.3, 0.4) is 0 Å². The number of phenolic OH excluding ortho intramolecular Hbond substituents is 1. The van der Waals surface area contributed by atoms with E-state index in [4.69, 9.17) is 4.74 Å². The summed E-state index contributed by atoms with van der Waals surface area (Å²) in [6.07, 6.45) is 0.830. The van der Waals surface area contributed by atoms with E-state index in [2.05, 4.69) is 0 Å². The second kappa shape index (κ2) is 8.82. The van der Waals surface area contributed by atoms with Gasteiger partial charge in [0.15, 0.2) is 11.5 Å². The van der Waals surface area contributed by atoms with E-state index in [0.717, 1.165) is 0 Å². The zero-order valence-corrected chi connectivity index (χ0v) is 16.8. The first kappa shape index (κ1) is 21.1. The summed E-state index contributed by atoms with van der Waals surface area (Å²) < 4.78 is 5.11. The van der Waals surface area contributed by atoms with Crippen molar-refractivity contribution < 1.29 is 29.3 Å². The number of hydrogen-bond donors (Lipinski definition) is 2. The zero-order chi connectivity index (χ0) is 21.8. The molecule has 0 bridgehead atoms. The standard InChI is InChI=1S/C23H23NO6/c1-3-13-30-23(29)15-5-9-16(10-6-15)24-20(14-7-11-17(25)12-8-14)19(18(26)4-2)21(27)22(24)28/h5-12,20,25,27H,3-4,13H2,1-2H3. The minimum atomic E-state index is -0.844. The molecule has 156 valence electrons. The molecule has 2 aromatic carbocycles. The summed E-state index contributed by atoms with van der Waals surface area (Å²) in [6.45, 7) is 3.86. The Hall–Kier alpha value is -3.61. The minimum absolute atomic E-state index is 0.0135. The molecule has 2 aromatic rings. The molecule has 0 spiro atoms. The second-order valence-corrected chi connectivity index (χ2v) is 6.89. The number of aliphatic hydroxyl groups is 1. The Balaban J connectivity index is 2.01. The van der Waals surface area contributed by atoms with Crippen LogP contribution >= 0.6 is 0 Å². The number of Topliss-reactive ketones (excluding diaryl/α,β-unsaturated/α-hetero) is 1. The molecule has 1 aliphatic rings. The number of rotatable bonds is 7. The topological polar surface area (TPSA) is 104 Å². The third kappa shape index (κ3) is 3.91. The Labute approximate surface area is 174 Å². The normalized spacial score (nSPS) is 16.1. The SMILES string of the molecule is CCCOC(=O)c1ccc(N2C(=O)C(O)=C(C(=O)CC)C2c2ccc(O)cc2)cc1. The van der Waals surface area contributed by atoms with Crippen molar-refractivity contribution in [3.05, 3.63) is 71.0 Å². The number of anilines is 1. The van der Waals surface area contributed by atoms with Gasteiger partial charge >= 0.3 is 5.97 Å². The Kier molecular flexibility index (Phi) is 6.20. The smallest absolute Gasteiger partial charge is 0.338 e. The molecule has 0 aromatic heterocycles. The van der Waals surface area contributed by atoms with E-state index < -0.39 is 23.7 Å². The van der Waals surface area contributed by atoms with Gasteiger partial charge in [-0.25, -0.2) is 4.79 Å². The summed E-state index contributed by atoms with van der Waals surface area (Å²) >= 11 is 0. The number of ether oxygens (including phenoxy) is 1. The first-order chi connectivity index (χ1) is 14.4. The maximum absolute atomic E-state index is 12.9. The van der Waals surface area contributed by atoms with Gasteiger partial charge in [-0.1, -0.05) is 26.0 Å². The van der Waals surface area contributed by atoms with Crippen LogP contribution in [0.25, 0.3) is 0 Å². The van der Waals surface area contributed by atoms with Crippen molar-refractivity contribution in [3.63, 3.8) is 0 Å². The maximum atomic E-state index is 12.9. The van der Waals surface area contributed by atoms with Gasteiger partial charge in [0.1, 0.15) is 5.75 Å². The number of carbonyl (C=O) groups excluding carboxylic acids is 3. The lowest BCUT2D eigenvalue weighted by atomic mass is 9.94. The van der Waals surface area contributed by atoms with Crippen LogP contribution in [-0.2, 0) is 14.3 Å². The van der Waals surface area contributed by atoms with Gasteiger partial charge in [-0.05, 0) is 48.4 Å². The van der Waals surface area contributed by atoms with Crippen molar-refractivity contribution in [2.75, 3.05) is 11.5 Å². The Bertz CT molecular complexity index is 991. The van der Waals surface area contributed by atoms with Crippen LogP contribution in [-0.4, -0.2) is 34.5 Å². The van der Waals surface area contributed by atoms with Crippen molar-refractivity contribution in [3.8, 4) is 5.75 Å². The molecule has 2 N–H and O–H groups in total. The molecule has 1 unspecified atom stereocenters. The van der Waals surface area contributed by atoms with Crippen LogP contribution in [0.4, 0.5) is 5.69 Å². The Morgan fingerprint density at radius 2 is 1.63 bits per heavy atom. The van der Waals surface area contributed by atoms with E-state index in [-0.39, 0.29) is 23.5 Å². The van der Waals surface area contributed by atoms with Gasteiger partial charge in [-0.3, -0.25) is 14.5 Å². The summed E-state index contributed by atoms with van der Waals surface area (Å²) in [6, 6.07) is 11.5. The molecule has 1 heterocycles. The van der Waals surface area contributed by atoms with Crippen molar-refractivity contribution in [2.24, 2.45) is 0 Å². The van der Waals surface area contributed by atoms with E-state index in [9.17, 15) is 24.6 Å². The molecular weight excluding hydrogens is 386 g/mol. The number of carbonyl (C=O) groups is 3. The molecule has 30 heavy (non-hydrogen) atoms. The van der Waals surface area contributed by atoms with Gasteiger partial charge < -0.3 is 14.9 Å². The van der Waals surface area contributed by atoms with Gasteiger partial charge in [-0.2, -0.15) is 0 Å². The van der Waals surface area contributed by atoms with Crippen LogP contribution in [0.1, 0.15) is 48.7 Å².